The summed E-state index contributed by atoms with van der Waals surface area (Å²) in [4.78, 5) is 25.5. The molecule has 1 N–H and O–H groups in total. The Kier molecular flexibility index (Phi) is 5.67. The maximum absolute atomic E-state index is 14.3. The molecule has 0 saturated heterocycles. The van der Waals surface area contributed by atoms with E-state index in [0.717, 1.165) is 53.8 Å². The molecule has 9 heteroatoms. The first-order valence-electron chi connectivity index (χ1n) is 10.5. The van der Waals surface area contributed by atoms with Crippen molar-refractivity contribution in [3.63, 3.8) is 0 Å². The van der Waals surface area contributed by atoms with Gasteiger partial charge in [-0.1, -0.05) is 12.8 Å². The number of carbonyl (C=O) groups excluding carboxylic acids is 2. The van der Waals surface area contributed by atoms with Gasteiger partial charge in [-0.05, 0) is 61.6 Å². The number of hydrogen-bond donors (Lipinski definition) is 1. The minimum absolute atomic E-state index is 0.0203. The number of halogens is 4. The monoisotopic (exact) mass is 462 g/mol. The van der Waals surface area contributed by atoms with E-state index < -0.39 is 41.1 Å². The summed E-state index contributed by atoms with van der Waals surface area (Å²) in [6.45, 7) is 1.50. The molecule has 0 bridgehead atoms. The van der Waals surface area contributed by atoms with Gasteiger partial charge in [0.2, 0.25) is 0 Å². The molecule has 1 aliphatic rings. The SMILES string of the molecule is Cc1c(C(C(=O)[O-])C2CCCC2)c2cc(O)c(F)cc2n1C(=O)c1ccc(C(F)(F)F)cc1. The number of alkyl halides is 3. The average Bonchev–Trinajstić information content (AvgIpc) is 3.35. The molecule has 0 spiro atoms. The van der Waals surface area contributed by atoms with Gasteiger partial charge in [-0.15, -0.1) is 0 Å². The van der Waals surface area contributed by atoms with Crippen molar-refractivity contribution in [2.45, 2.75) is 44.7 Å². The van der Waals surface area contributed by atoms with E-state index in [1.54, 1.807) is 0 Å². The first-order valence-corrected chi connectivity index (χ1v) is 10.5. The number of phenols is 1. The highest BCUT2D eigenvalue weighted by Gasteiger charge is 2.34. The molecule has 1 aromatic heterocycles. The number of carboxylic acid groups (broad SMARTS) is 1. The molecule has 3 aromatic rings. The Balaban J connectivity index is 1.92. The summed E-state index contributed by atoms with van der Waals surface area (Å²) in [5, 5.41) is 22.3. The zero-order valence-electron chi connectivity index (χ0n) is 17.6. The van der Waals surface area contributed by atoms with E-state index in [1.807, 2.05) is 0 Å². The first kappa shape index (κ1) is 22.8. The summed E-state index contributed by atoms with van der Waals surface area (Å²) in [5.74, 6) is -5.13. The van der Waals surface area contributed by atoms with Crippen LogP contribution in [-0.2, 0) is 11.0 Å². The Bertz CT molecular complexity index is 1240. The van der Waals surface area contributed by atoms with Crippen LogP contribution in [0, 0.1) is 18.7 Å². The summed E-state index contributed by atoms with van der Waals surface area (Å²) in [7, 11) is 0. The van der Waals surface area contributed by atoms with Crippen molar-refractivity contribution in [3.05, 3.63) is 64.6 Å². The van der Waals surface area contributed by atoms with Crippen molar-refractivity contribution in [3.8, 4) is 5.75 Å². The van der Waals surface area contributed by atoms with Crippen LogP contribution in [-0.4, -0.2) is 21.6 Å². The molecule has 33 heavy (non-hydrogen) atoms. The Morgan fingerprint density at radius 3 is 2.27 bits per heavy atom. The number of phenolic OH excluding ortho intramolecular Hbond substituents is 1. The van der Waals surface area contributed by atoms with Gasteiger partial charge in [0.1, 0.15) is 0 Å². The lowest BCUT2D eigenvalue weighted by atomic mass is 9.83. The largest absolute Gasteiger partial charge is 0.549 e. The number of rotatable bonds is 4. The number of benzene rings is 2. The van der Waals surface area contributed by atoms with E-state index in [2.05, 4.69) is 0 Å². The van der Waals surface area contributed by atoms with Gasteiger partial charge in [-0.2, -0.15) is 13.2 Å². The van der Waals surface area contributed by atoms with Crippen LogP contribution in [0.3, 0.4) is 0 Å². The minimum Gasteiger partial charge on any atom is -0.549 e. The molecule has 1 fully saturated rings. The number of aromatic hydroxyl groups is 1. The number of fused-ring (bicyclic) bond motifs is 1. The quantitative estimate of drug-likeness (QED) is 0.578. The summed E-state index contributed by atoms with van der Waals surface area (Å²) in [5.41, 5.74) is -0.544. The van der Waals surface area contributed by atoms with Crippen LogP contribution in [0.15, 0.2) is 36.4 Å². The molecule has 1 atom stereocenters. The molecule has 1 unspecified atom stereocenters. The molecule has 1 heterocycles. The van der Waals surface area contributed by atoms with Crippen LogP contribution in [0.4, 0.5) is 17.6 Å². The molecule has 4 rings (SSSR count). The molecule has 0 radical (unpaired) electrons. The van der Waals surface area contributed by atoms with Crippen LogP contribution < -0.4 is 5.11 Å². The van der Waals surface area contributed by atoms with Gasteiger partial charge in [-0.25, -0.2) is 4.39 Å². The highest BCUT2D eigenvalue weighted by atomic mass is 19.4. The summed E-state index contributed by atoms with van der Waals surface area (Å²) >= 11 is 0. The highest BCUT2D eigenvalue weighted by Crippen LogP contribution is 2.43. The van der Waals surface area contributed by atoms with Crippen molar-refractivity contribution < 1.29 is 37.4 Å². The summed E-state index contributed by atoms with van der Waals surface area (Å²) in [6, 6.07) is 5.56. The standard InChI is InChI=1S/C24H21F4NO4/c1-12-20(21(23(32)33)13-4-2-3-5-13)16-10-19(30)17(25)11-18(16)29(12)22(31)14-6-8-15(9-7-14)24(26,27)28/h6-11,13,21,30H,2-5H2,1H3,(H,32,33)/p-1. The van der Waals surface area contributed by atoms with Crippen LogP contribution in [0.1, 0.15) is 58.8 Å². The van der Waals surface area contributed by atoms with Crippen molar-refractivity contribution in [1.29, 1.82) is 0 Å². The van der Waals surface area contributed by atoms with Gasteiger partial charge in [0.15, 0.2) is 11.6 Å². The minimum atomic E-state index is -4.57. The molecule has 1 aliphatic carbocycles. The lowest BCUT2D eigenvalue weighted by molar-refractivity contribution is -0.309. The van der Waals surface area contributed by atoms with Crippen molar-refractivity contribution >= 4 is 22.8 Å². The van der Waals surface area contributed by atoms with E-state index in [0.29, 0.717) is 12.8 Å². The highest BCUT2D eigenvalue weighted by molar-refractivity contribution is 6.05. The fourth-order valence-corrected chi connectivity index (χ4v) is 4.87. The van der Waals surface area contributed by atoms with Gasteiger partial charge in [0, 0.05) is 34.6 Å². The smallest absolute Gasteiger partial charge is 0.416 e. The number of hydrogen-bond acceptors (Lipinski definition) is 4. The van der Waals surface area contributed by atoms with Crippen molar-refractivity contribution in [2.75, 3.05) is 0 Å². The topological polar surface area (TPSA) is 82.4 Å². The Hall–Kier alpha value is -3.36. The van der Waals surface area contributed by atoms with Gasteiger partial charge < -0.3 is 15.0 Å². The van der Waals surface area contributed by atoms with E-state index in [-0.39, 0.29) is 33.6 Å². The Morgan fingerprint density at radius 1 is 1.12 bits per heavy atom. The fraction of sp³-hybridized carbons (Fsp3) is 0.333. The van der Waals surface area contributed by atoms with Crippen molar-refractivity contribution in [2.24, 2.45) is 5.92 Å². The molecule has 0 amide bonds. The molecular weight excluding hydrogens is 442 g/mol. The average molecular weight is 462 g/mol. The number of aromatic nitrogens is 1. The second kappa shape index (κ2) is 8.20. The molecule has 0 aliphatic heterocycles. The van der Waals surface area contributed by atoms with Crippen LogP contribution in [0.25, 0.3) is 10.9 Å². The van der Waals surface area contributed by atoms with Crippen LogP contribution in [0.5, 0.6) is 5.75 Å². The fourth-order valence-electron chi connectivity index (χ4n) is 4.87. The number of aliphatic carboxylic acids is 1. The van der Waals surface area contributed by atoms with E-state index >= 15 is 0 Å². The number of nitrogens with zero attached hydrogens (tertiary/aromatic N) is 1. The molecule has 174 valence electrons. The van der Waals surface area contributed by atoms with Crippen molar-refractivity contribution in [1.82, 2.24) is 4.57 Å². The van der Waals surface area contributed by atoms with Gasteiger partial charge in [-0.3, -0.25) is 9.36 Å². The Labute approximate surface area is 186 Å². The summed E-state index contributed by atoms with van der Waals surface area (Å²) < 4.78 is 54.0. The van der Waals surface area contributed by atoms with E-state index in [1.165, 1.54) is 6.92 Å². The maximum Gasteiger partial charge on any atom is 0.416 e. The van der Waals surface area contributed by atoms with Crippen LogP contribution >= 0.6 is 0 Å². The lowest BCUT2D eigenvalue weighted by Gasteiger charge is -2.25. The third kappa shape index (κ3) is 3.96. The Morgan fingerprint density at radius 2 is 1.73 bits per heavy atom. The van der Waals surface area contributed by atoms with Gasteiger partial charge in [0.05, 0.1) is 11.1 Å². The second-order valence-electron chi connectivity index (χ2n) is 8.38. The predicted octanol–water partition coefficient (Wildman–Crippen LogP) is 4.53. The normalized spacial score (nSPS) is 15.8. The van der Waals surface area contributed by atoms with E-state index in [4.69, 9.17) is 0 Å². The maximum atomic E-state index is 14.3. The number of carbonyl (C=O) groups is 2. The zero-order chi connectivity index (χ0) is 24.1. The first-order chi connectivity index (χ1) is 15.5. The lowest BCUT2D eigenvalue weighted by Crippen LogP contribution is -2.34. The summed E-state index contributed by atoms with van der Waals surface area (Å²) in [6.07, 6.45) is -1.60. The molecule has 2 aromatic carbocycles. The molecular formula is C24H20F4NO4-. The van der Waals surface area contributed by atoms with E-state index in [9.17, 15) is 37.4 Å². The third-order valence-electron chi connectivity index (χ3n) is 6.42. The zero-order valence-corrected chi connectivity index (χ0v) is 17.6. The predicted molar refractivity (Wildman–Crippen MR) is 109 cm³/mol. The van der Waals surface area contributed by atoms with Gasteiger partial charge in [0.25, 0.3) is 5.91 Å². The number of carboxylic acids is 1. The second-order valence-corrected chi connectivity index (χ2v) is 8.38. The third-order valence-corrected chi connectivity index (χ3v) is 6.42. The van der Waals surface area contributed by atoms with Crippen LogP contribution in [0.2, 0.25) is 0 Å². The molecule has 1 saturated carbocycles. The van der Waals surface area contributed by atoms with Gasteiger partial charge >= 0.3 is 6.18 Å². The molecule has 5 nitrogen and oxygen atoms in total.